The predicted molar refractivity (Wildman–Crippen MR) is 91.3 cm³/mol. The lowest BCUT2D eigenvalue weighted by molar-refractivity contribution is -0.124. The molecule has 1 atom stereocenters. The van der Waals surface area contributed by atoms with E-state index in [9.17, 15) is 17.6 Å². The van der Waals surface area contributed by atoms with E-state index >= 15 is 0 Å². The van der Waals surface area contributed by atoms with Gasteiger partial charge in [0.2, 0.25) is 0 Å². The zero-order valence-corrected chi connectivity index (χ0v) is 14.1. The molecule has 1 amide bonds. The average molecular weight is 364 g/mol. The predicted octanol–water partition coefficient (Wildman–Crippen LogP) is 2.74. The normalized spacial score (nSPS) is 17.2. The first-order valence-electron chi connectivity index (χ1n) is 7.75. The van der Waals surface area contributed by atoms with Crippen molar-refractivity contribution < 1.29 is 22.3 Å². The molecule has 0 bridgehead atoms. The minimum Gasteiger partial charge on any atom is -0.368 e. The molecule has 0 saturated carbocycles. The summed E-state index contributed by atoms with van der Waals surface area (Å²) in [7, 11) is -3.80. The summed E-state index contributed by atoms with van der Waals surface area (Å²) < 4.78 is 45.1. The topological polar surface area (TPSA) is 84.5 Å². The number of sulfonamides is 1. The zero-order chi connectivity index (χ0) is 17.9. The number of carbonyl (C=O) groups is 1. The Hall–Kier alpha value is -2.45. The van der Waals surface area contributed by atoms with Crippen LogP contribution in [-0.2, 0) is 19.6 Å². The molecule has 0 aliphatic carbocycles. The van der Waals surface area contributed by atoms with Gasteiger partial charge in [-0.05, 0) is 61.4 Å². The summed E-state index contributed by atoms with van der Waals surface area (Å²) in [5, 5.41) is 2.73. The Bertz CT molecular complexity index is 845. The van der Waals surface area contributed by atoms with Crippen molar-refractivity contribution >= 4 is 27.3 Å². The summed E-state index contributed by atoms with van der Waals surface area (Å²) in [6.45, 7) is 0.586. The van der Waals surface area contributed by atoms with Crippen LogP contribution in [-0.4, -0.2) is 27.0 Å². The first-order valence-corrected chi connectivity index (χ1v) is 9.23. The van der Waals surface area contributed by atoms with Gasteiger partial charge in [0, 0.05) is 18.0 Å². The largest absolute Gasteiger partial charge is 0.368 e. The van der Waals surface area contributed by atoms with Crippen LogP contribution in [0.5, 0.6) is 0 Å². The second kappa shape index (κ2) is 7.20. The average Bonchev–Trinajstić information content (AvgIpc) is 3.11. The second-order valence-electron chi connectivity index (χ2n) is 5.63. The monoisotopic (exact) mass is 364 g/mol. The van der Waals surface area contributed by atoms with Crippen molar-refractivity contribution in [2.24, 2.45) is 0 Å². The summed E-state index contributed by atoms with van der Waals surface area (Å²) in [5.41, 5.74) is 0.879. The van der Waals surface area contributed by atoms with Crippen LogP contribution in [0.2, 0.25) is 0 Å². The van der Waals surface area contributed by atoms with Crippen molar-refractivity contribution in [2.45, 2.75) is 23.8 Å². The lowest BCUT2D eigenvalue weighted by atomic mass is 10.2. The number of rotatable bonds is 5. The lowest BCUT2D eigenvalue weighted by Crippen LogP contribution is -2.26. The van der Waals surface area contributed by atoms with Gasteiger partial charge in [-0.25, -0.2) is 12.8 Å². The fraction of sp³-hybridized carbons (Fsp3) is 0.235. The maximum atomic E-state index is 12.9. The number of halogens is 1. The van der Waals surface area contributed by atoms with E-state index < -0.39 is 21.9 Å². The Morgan fingerprint density at radius 3 is 2.28 bits per heavy atom. The maximum absolute atomic E-state index is 12.9. The molecule has 3 rings (SSSR count). The van der Waals surface area contributed by atoms with Crippen molar-refractivity contribution in [1.82, 2.24) is 0 Å². The van der Waals surface area contributed by atoms with Crippen LogP contribution < -0.4 is 10.0 Å². The van der Waals surface area contributed by atoms with Crippen molar-refractivity contribution in [3.8, 4) is 0 Å². The van der Waals surface area contributed by atoms with Gasteiger partial charge in [-0.3, -0.25) is 9.52 Å². The van der Waals surface area contributed by atoms with Gasteiger partial charge in [0.15, 0.2) is 0 Å². The van der Waals surface area contributed by atoms with Gasteiger partial charge in [-0.15, -0.1) is 0 Å². The molecule has 2 aromatic rings. The van der Waals surface area contributed by atoms with Crippen molar-refractivity contribution in [2.75, 3.05) is 16.6 Å². The maximum Gasteiger partial charge on any atom is 0.261 e. The molecule has 2 aromatic carbocycles. The highest BCUT2D eigenvalue weighted by molar-refractivity contribution is 7.92. The van der Waals surface area contributed by atoms with E-state index in [1.165, 1.54) is 24.3 Å². The lowest BCUT2D eigenvalue weighted by Gasteiger charge is -2.12. The smallest absolute Gasteiger partial charge is 0.261 e. The van der Waals surface area contributed by atoms with E-state index in [2.05, 4.69) is 10.0 Å². The third kappa shape index (κ3) is 4.34. The molecule has 0 aromatic heterocycles. The third-order valence-corrected chi connectivity index (χ3v) is 5.15. The van der Waals surface area contributed by atoms with Crippen molar-refractivity contribution in [3.63, 3.8) is 0 Å². The molecule has 0 spiro atoms. The number of nitrogens with one attached hydrogen (secondary N) is 2. The molecule has 1 heterocycles. The number of anilines is 2. The van der Waals surface area contributed by atoms with E-state index in [4.69, 9.17) is 4.74 Å². The van der Waals surface area contributed by atoms with Crippen molar-refractivity contribution in [1.29, 1.82) is 0 Å². The van der Waals surface area contributed by atoms with Crippen LogP contribution in [0.1, 0.15) is 12.8 Å². The van der Waals surface area contributed by atoms with E-state index in [1.807, 2.05) is 0 Å². The summed E-state index contributed by atoms with van der Waals surface area (Å²) in [6.07, 6.45) is 1.13. The molecule has 2 N–H and O–H groups in total. The highest BCUT2D eigenvalue weighted by Crippen LogP contribution is 2.20. The SMILES string of the molecule is O=C(Nc1ccc(NS(=O)(=O)c2ccc(F)cc2)cc1)[C@H]1CCCO1. The van der Waals surface area contributed by atoms with E-state index in [0.717, 1.165) is 18.6 Å². The number of amides is 1. The minimum atomic E-state index is -3.80. The zero-order valence-electron chi connectivity index (χ0n) is 13.2. The highest BCUT2D eigenvalue weighted by Gasteiger charge is 2.23. The van der Waals surface area contributed by atoms with Crippen molar-refractivity contribution in [3.05, 3.63) is 54.3 Å². The van der Waals surface area contributed by atoms with Gasteiger partial charge in [0.05, 0.1) is 4.90 Å². The number of carbonyl (C=O) groups excluding carboxylic acids is 1. The van der Waals surface area contributed by atoms with Gasteiger partial charge in [0.1, 0.15) is 11.9 Å². The summed E-state index contributed by atoms with van der Waals surface area (Å²) in [5.74, 6) is -0.720. The molecule has 8 heteroatoms. The first-order chi connectivity index (χ1) is 11.9. The fourth-order valence-electron chi connectivity index (χ4n) is 2.46. The summed E-state index contributed by atoms with van der Waals surface area (Å²) in [4.78, 5) is 11.9. The Morgan fingerprint density at radius 1 is 1.04 bits per heavy atom. The van der Waals surface area contributed by atoms with E-state index in [0.29, 0.717) is 24.4 Å². The van der Waals surface area contributed by atoms with Crippen LogP contribution in [0.15, 0.2) is 53.4 Å². The van der Waals surface area contributed by atoms with Crippen LogP contribution in [0.4, 0.5) is 15.8 Å². The Kier molecular flexibility index (Phi) is 5.00. The molecular weight excluding hydrogens is 347 g/mol. The molecule has 132 valence electrons. The molecular formula is C17H17FN2O4S. The molecule has 1 aliphatic rings. The van der Waals surface area contributed by atoms with Crippen LogP contribution in [0.25, 0.3) is 0 Å². The van der Waals surface area contributed by atoms with Crippen LogP contribution in [0, 0.1) is 5.82 Å². The molecule has 0 radical (unpaired) electrons. The van der Waals surface area contributed by atoms with Gasteiger partial charge < -0.3 is 10.1 Å². The van der Waals surface area contributed by atoms with E-state index in [-0.39, 0.29) is 10.8 Å². The highest BCUT2D eigenvalue weighted by atomic mass is 32.2. The molecule has 1 saturated heterocycles. The molecule has 25 heavy (non-hydrogen) atoms. The Labute approximate surface area is 145 Å². The van der Waals surface area contributed by atoms with Crippen LogP contribution >= 0.6 is 0 Å². The molecule has 1 fully saturated rings. The van der Waals surface area contributed by atoms with Gasteiger partial charge >= 0.3 is 0 Å². The minimum absolute atomic E-state index is 0.0374. The molecule has 1 aliphatic heterocycles. The number of hydrogen-bond acceptors (Lipinski definition) is 4. The fourth-order valence-corrected chi connectivity index (χ4v) is 3.52. The van der Waals surface area contributed by atoms with E-state index in [1.54, 1.807) is 12.1 Å². The standard InChI is InChI=1S/C17H17FN2O4S/c18-12-3-9-15(10-4-12)25(22,23)20-14-7-5-13(6-8-14)19-17(21)16-2-1-11-24-16/h3-10,16,20H,1-2,11H2,(H,19,21)/t16-/m1/s1. The summed E-state index contributed by atoms with van der Waals surface area (Å²) in [6, 6.07) is 10.8. The molecule has 0 unspecified atom stereocenters. The molecule has 6 nitrogen and oxygen atoms in total. The number of ether oxygens (including phenoxy) is 1. The van der Waals surface area contributed by atoms with Gasteiger partial charge in [0.25, 0.3) is 15.9 Å². The van der Waals surface area contributed by atoms with Gasteiger partial charge in [-0.2, -0.15) is 0 Å². The first kappa shape index (κ1) is 17.4. The third-order valence-electron chi connectivity index (χ3n) is 3.75. The Morgan fingerprint density at radius 2 is 1.68 bits per heavy atom. The summed E-state index contributed by atoms with van der Waals surface area (Å²) >= 11 is 0. The number of hydrogen-bond donors (Lipinski definition) is 2. The quantitative estimate of drug-likeness (QED) is 0.854. The van der Waals surface area contributed by atoms with Gasteiger partial charge in [-0.1, -0.05) is 0 Å². The Balaban J connectivity index is 1.65. The number of benzene rings is 2. The second-order valence-corrected chi connectivity index (χ2v) is 7.31. The van der Waals surface area contributed by atoms with Crippen LogP contribution in [0.3, 0.4) is 0 Å².